The molecule has 19 heteroatoms. The van der Waals surface area contributed by atoms with Crippen molar-refractivity contribution in [3.63, 3.8) is 0 Å². The lowest BCUT2D eigenvalue weighted by Gasteiger charge is -2.48. The molecular formula is C84H143NO18. The molecule has 17 atom stereocenters. The Morgan fingerprint density at radius 3 is 1.05 bits per heavy atom. The molecule has 3 fully saturated rings. The molecule has 19 nitrogen and oxygen atoms in total. The van der Waals surface area contributed by atoms with Crippen LogP contribution in [0.5, 0.6) is 0 Å². The Hall–Kier alpha value is -3.81. The molecule has 3 rings (SSSR count). The van der Waals surface area contributed by atoms with Gasteiger partial charge < -0.3 is 89.9 Å². The highest BCUT2D eigenvalue weighted by Crippen LogP contribution is 2.33. The molecule has 3 heterocycles. The van der Waals surface area contributed by atoms with Gasteiger partial charge in [0.25, 0.3) is 0 Å². The number of amides is 1. The van der Waals surface area contributed by atoms with Gasteiger partial charge in [-0.1, -0.05) is 296 Å². The lowest BCUT2D eigenvalue weighted by Crippen LogP contribution is -2.66. The summed E-state index contributed by atoms with van der Waals surface area (Å²) in [7, 11) is 0. The number of carbonyl (C=O) groups is 1. The molecule has 0 saturated carbocycles. The summed E-state index contributed by atoms with van der Waals surface area (Å²) < 4.78 is 34.5. The van der Waals surface area contributed by atoms with E-state index in [0.29, 0.717) is 12.8 Å². The maximum atomic E-state index is 13.5. The predicted molar refractivity (Wildman–Crippen MR) is 410 cm³/mol. The summed E-state index contributed by atoms with van der Waals surface area (Å²) in [6.45, 7) is 1.69. The second-order valence-corrected chi connectivity index (χ2v) is 28.2. The molecule has 0 aromatic carbocycles. The molecule has 3 aliphatic heterocycles. The van der Waals surface area contributed by atoms with Crippen molar-refractivity contribution in [2.45, 2.75) is 375 Å². The zero-order valence-electron chi connectivity index (χ0n) is 63.3. The highest BCUT2D eigenvalue weighted by atomic mass is 16.8. The predicted octanol–water partition coefficient (Wildman–Crippen LogP) is 13.5. The minimum Gasteiger partial charge on any atom is -0.394 e. The molecule has 0 bridgehead atoms. The largest absolute Gasteiger partial charge is 0.394 e. The Labute approximate surface area is 620 Å². The normalized spacial score (nSPS) is 26.7. The van der Waals surface area contributed by atoms with Crippen LogP contribution in [0, 0.1) is 0 Å². The van der Waals surface area contributed by atoms with Crippen LogP contribution in [0.15, 0.2) is 122 Å². The molecule has 0 aliphatic carbocycles. The monoisotopic (exact) mass is 1450 g/mol. The molecule has 17 unspecified atom stereocenters. The lowest BCUT2D eigenvalue weighted by atomic mass is 9.96. The Bertz CT molecular complexity index is 2330. The number of unbranched alkanes of at least 4 members (excludes halogenated alkanes) is 26. The summed E-state index contributed by atoms with van der Waals surface area (Å²) in [5.41, 5.74) is 0. The van der Waals surface area contributed by atoms with Crippen molar-refractivity contribution >= 4 is 5.91 Å². The van der Waals surface area contributed by atoms with Gasteiger partial charge in [-0.15, -0.1) is 0 Å². The number of nitrogens with one attached hydrogen (secondary N) is 1. The molecule has 3 saturated heterocycles. The maximum Gasteiger partial charge on any atom is 0.220 e. The fourth-order valence-corrected chi connectivity index (χ4v) is 12.9. The summed E-state index contributed by atoms with van der Waals surface area (Å²) in [5.74, 6) is -0.250. The van der Waals surface area contributed by atoms with Gasteiger partial charge in [0.15, 0.2) is 18.9 Å². The third kappa shape index (κ3) is 43.1. The first-order valence-corrected chi connectivity index (χ1v) is 40.3. The van der Waals surface area contributed by atoms with Gasteiger partial charge in [0.1, 0.15) is 73.2 Å². The number of carbonyl (C=O) groups excluding carboxylic acids is 1. The Balaban J connectivity index is 1.33. The first-order valence-electron chi connectivity index (χ1n) is 40.3. The molecular weight excluding hydrogens is 1310 g/mol. The van der Waals surface area contributed by atoms with Gasteiger partial charge in [-0.3, -0.25) is 4.79 Å². The topological polar surface area (TPSA) is 307 Å². The first kappa shape index (κ1) is 93.4. The summed E-state index contributed by atoms with van der Waals surface area (Å²) in [6, 6.07) is -0.898. The number of aliphatic hydroxyl groups is 11. The van der Waals surface area contributed by atoms with Crippen LogP contribution in [0.2, 0.25) is 0 Å². The van der Waals surface area contributed by atoms with E-state index in [0.717, 1.165) is 122 Å². The molecule has 1 amide bonds. The van der Waals surface area contributed by atoms with Gasteiger partial charge in [-0.2, -0.15) is 0 Å². The average Bonchev–Trinajstić information content (AvgIpc) is 0.782. The number of rotatable bonds is 62. The van der Waals surface area contributed by atoms with Crippen LogP contribution in [0.1, 0.15) is 271 Å². The van der Waals surface area contributed by atoms with E-state index >= 15 is 0 Å². The van der Waals surface area contributed by atoms with Crippen LogP contribution >= 0.6 is 0 Å². The van der Waals surface area contributed by atoms with Gasteiger partial charge in [-0.25, -0.2) is 0 Å². The van der Waals surface area contributed by atoms with E-state index in [-0.39, 0.29) is 18.9 Å². The zero-order valence-corrected chi connectivity index (χ0v) is 63.3. The third-order valence-electron chi connectivity index (χ3n) is 19.3. The summed E-state index contributed by atoms with van der Waals surface area (Å²) in [4.78, 5) is 13.5. The zero-order chi connectivity index (χ0) is 74.6. The lowest BCUT2D eigenvalue weighted by molar-refractivity contribution is -0.379. The van der Waals surface area contributed by atoms with Gasteiger partial charge in [0.2, 0.25) is 5.91 Å². The molecule has 0 radical (unpaired) electrons. The number of allylic oxidation sites excluding steroid dienone is 20. The number of aliphatic hydroxyl groups excluding tert-OH is 11. The van der Waals surface area contributed by atoms with Gasteiger partial charge in [0, 0.05) is 6.42 Å². The Kier molecular flexibility index (Phi) is 57.3. The molecule has 592 valence electrons. The van der Waals surface area contributed by atoms with Gasteiger partial charge in [0.05, 0.1) is 38.6 Å². The molecule has 0 aromatic heterocycles. The summed E-state index contributed by atoms with van der Waals surface area (Å²) in [6.07, 6.45) is 61.4. The van der Waals surface area contributed by atoms with Gasteiger partial charge in [-0.05, 0) is 89.9 Å². The molecule has 0 spiro atoms. The Morgan fingerprint density at radius 1 is 0.359 bits per heavy atom. The average molecular weight is 1460 g/mol. The first-order chi connectivity index (χ1) is 50.3. The van der Waals surface area contributed by atoms with E-state index in [4.69, 9.17) is 28.4 Å². The molecule has 0 aromatic rings. The van der Waals surface area contributed by atoms with Crippen LogP contribution in [0.3, 0.4) is 0 Å². The Morgan fingerprint density at radius 2 is 0.670 bits per heavy atom. The van der Waals surface area contributed by atoms with Crippen LogP contribution in [-0.4, -0.2) is 193 Å². The minimum atomic E-state index is -1.98. The number of ether oxygens (including phenoxy) is 6. The van der Waals surface area contributed by atoms with E-state index in [1.807, 2.05) is 0 Å². The van der Waals surface area contributed by atoms with E-state index in [1.54, 1.807) is 0 Å². The van der Waals surface area contributed by atoms with Crippen LogP contribution in [0.4, 0.5) is 0 Å². The number of hydrogen-bond acceptors (Lipinski definition) is 18. The molecule has 103 heavy (non-hydrogen) atoms. The summed E-state index contributed by atoms with van der Waals surface area (Å²) in [5, 5.41) is 121. The second kappa shape index (κ2) is 63.2. The van der Waals surface area contributed by atoms with E-state index in [2.05, 4.69) is 141 Å². The van der Waals surface area contributed by atoms with Gasteiger partial charge >= 0.3 is 0 Å². The number of hydrogen-bond donors (Lipinski definition) is 12. The van der Waals surface area contributed by atoms with Crippen molar-refractivity contribution in [1.82, 2.24) is 5.32 Å². The van der Waals surface area contributed by atoms with Crippen LogP contribution in [-0.2, 0) is 33.2 Å². The van der Waals surface area contributed by atoms with E-state index < -0.39 is 124 Å². The molecule has 12 N–H and O–H groups in total. The SMILES string of the molecule is CC/C=C\C/C=C\C/C=C\C/C=C\C/C=C\C/C=C\C/C=C\C/C=C\C/C=C\C/C=C\CCCCCCCCCCCCC(=O)NC(COC1OC(CO)C(OC2OC(CO)C(OC3OC(CO)C(O)C(O)C3O)C(O)C2O)C(O)C1O)C(O)CCCCCCCCCCCCCCCCCCC. The fraction of sp³-hybridized carbons (Fsp3) is 0.750. The fourth-order valence-electron chi connectivity index (χ4n) is 12.9. The van der Waals surface area contributed by atoms with Crippen molar-refractivity contribution < 1.29 is 89.4 Å². The third-order valence-corrected chi connectivity index (χ3v) is 19.3. The standard InChI is InChI=1S/C84H143NO18/c1-3-5-7-9-11-13-15-17-19-21-22-23-24-25-26-27-28-29-30-31-32-33-34-35-36-37-38-39-40-41-42-43-44-46-48-50-52-54-56-58-60-62-72(90)85-67(68(89)61-59-57-55-53-51-49-47-45-20-18-16-14-12-10-8-6-4-2)66-98-82-78(96)75(93)80(70(64-87)100-82)103-84-79(97)76(94)81(71(65-88)101-84)102-83-77(95)74(92)73(91)69(63-86)99-83/h5,7,11,13,17,19,22-23,25-26,28-29,31-32,34-35,37-38,40-41,67-71,73-84,86-89,91-97H,3-4,6,8-10,12,14-16,18,20-21,24,27,30,33,36,39,42-66H2,1-2H3,(H,85,90)/b7-5-,13-11-,19-17-,23-22-,26-25-,29-28-,32-31-,35-34-,38-37-,41-40-. The van der Waals surface area contributed by atoms with Crippen molar-refractivity contribution in [1.29, 1.82) is 0 Å². The van der Waals surface area contributed by atoms with Crippen molar-refractivity contribution in [3.05, 3.63) is 122 Å². The minimum absolute atomic E-state index is 0.250. The smallest absolute Gasteiger partial charge is 0.220 e. The van der Waals surface area contributed by atoms with Crippen molar-refractivity contribution in [3.8, 4) is 0 Å². The van der Waals surface area contributed by atoms with Crippen molar-refractivity contribution in [2.24, 2.45) is 0 Å². The van der Waals surface area contributed by atoms with Crippen molar-refractivity contribution in [2.75, 3.05) is 26.4 Å². The highest BCUT2D eigenvalue weighted by molar-refractivity contribution is 5.76. The highest BCUT2D eigenvalue weighted by Gasteiger charge is 2.54. The van der Waals surface area contributed by atoms with E-state index in [1.165, 1.54) is 116 Å². The quantitative estimate of drug-likeness (QED) is 0.0199. The summed E-state index contributed by atoms with van der Waals surface area (Å²) >= 11 is 0. The van der Waals surface area contributed by atoms with Crippen LogP contribution < -0.4 is 5.32 Å². The van der Waals surface area contributed by atoms with E-state index in [9.17, 15) is 61.0 Å². The van der Waals surface area contributed by atoms with Crippen LogP contribution in [0.25, 0.3) is 0 Å². The maximum absolute atomic E-state index is 13.5. The molecule has 3 aliphatic rings. The second-order valence-electron chi connectivity index (χ2n) is 28.2.